The van der Waals surface area contributed by atoms with Gasteiger partial charge in [0.2, 0.25) is 0 Å². The van der Waals surface area contributed by atoms with Crippen molar-refractivity contribution in [2.24, 2.45) is 0 Å². The van der Waals surface area contributed by atoms with Gasteiger partial charge in [-0.05, 0) is 71.8 Å². The zero-order chi connectivity index (χ0) is 28.3. The van der Waals surface area contributed by atoms with Gasteiger partial charge in [-0.2, -0.15) is 0 Å². The van der Waals surface area contributed by atoms with E-state index in [-0.39, 0.29) is 0 Å². The van der Waals surface area contributed by atoms with Crippen molar-refractivity contribution in [2.75, 3.05) is 4.90 Å². The van der Waals surface area contributed by atoms with E-state index in [2.05, 4.69) is 119 Å². The van der Waals surface area contributed by atoms with Crippen molar-refractivity contribution in [3.63, 3.8) is 0 Å². The summed E-state index contributed by atoms with van der Waals surface area (Å²) < 4.78 is 12.7. The van der Waals surface area contributed by atoms with E-state index < -0.39 is 0 Å². The normalized spacial score (nSPS) is 11.7. The lowest BCUT2D eigenvalue weighted by Gasteiger charge is -2.25. The molecular formula is C39H24N2O2. The highest BCUT2D eigenvalue weighted by Gasteiger charge is 2.18. The van der Waals surface area contributed by atoms with E-state index in [4.69, 9.17) is 8.83 Å². The molecule has 0 bridgehead atoms. The number of furan rings is 2. The van der Waals surface area contributed by atoms with Crippen LogP contribution in [-0.2, 0) is 0 Å². The number of hydrogen-bond acceptors (Lipinski definition) is 4. The van der Waals surface area contributed by atoms with Gasteiger partial charge in [0.05, 0.1) is 5.52 Å². The first-order valence-electron chi connectivity index (χ1n) is 14.4. The molecule has 0 aliphatic heterocycles. The molecule has 0 aliphatic rings. The van der Waals surface area contributed by atoms with Gasteiger partial charge >= 0.3 is 0 Å². The fourth-order valence-corrected chi connectivity index (χ4v) is 6.20. The predicted molar refractivity (Wildman–Crippen MR) is 176 cm³/mol. The van der Waals surface area contributed by atoms with Gasteiger partial charge in [0.1, 0.15) is 22.3 Å². The molecule has 4 heteroatoms. The number of rotatable bonds is 4. The van der Waals surface area contributed by atoms with E-state index in [1.807, 2.05) is 36.5 Å². The Morgan fingerprint density at radius 2 is 1.02 bits per heavy atom. The largest absolute Gasteiger partial charge is 0.456 e. The minimum Gasteiger partial charge on any atom is -0.456 e. The van der Waals surface area contributed by atoms with Crippen LogP contribution in [0.2, 0.25) is 0 Å². The Kier molecular flexibility index (Phi) is 5.16. The molecule has 0 atom stereocenters. The highest BCUT2D eigenvalue weighted by molar-refractivity contribution is 6.10. The van der Waals surface area contributed by atoms with Crippen LogP contribution in [0.25, 0.3) is 65.9 Å². The smallest absolute Gasteiger partial charge is 0.137 e. The zero-order valence-electron chi connectivity index (χ0n) is 23.1. The first kappa shape index (κ1) is 23.8. The van der Waals surface area contributed by atoms with E-state index in [0.717, 1.165) is 71.8 Å². The molecule has 0 radical (unpaired) electrons. The number of aromatic nitrogens is 1. The summed E-state index contributed by atoms with van der Waals surface area (Å²) in [7, 11) is 0. The summed E-state index contributed by atoms with van der Waals surface area (Å²) >= 11 is 0. The van der Waals surface area contributed by atoms with Crippen molar-refractivity contribution in [2.45, 2.75) is 0 Å². The maximum atomic E-state index is 6.44. The molecular weight excluding hydrogens is 528 g/mol. The molecule has 9 rings (SSSR count). The Hall–Kier alpha value is -5.87. The molecule has 9 aromatic rings. The van der Waals surface area contributed by atoms with Crippen LogP contribution in [0, 0.1) is 0 Å². The first-order valence-corrected chi connectivity index (χ1v) is 14.4. The van der Waals surface area contributed by atoms with E-state index in [1.165, 1.54) is 11.1 Å². The topological polar surface area (TPSA) is 42.4 Å². The van der Waals surface area contributed by atoms with Crippen molar-refractivity contribution in [1.29, 1.82) is 0 Å². The number of benzene rings is 6. The molecule has 6 aromatic carbocycles. The zero-order valence-corrected chi connectivity index (χ0v) is 23.1. The second-order valence-electron chi connectivity index (χ2n) is 10.9. The summed E-state index contributed by atoms with van der Waals surface area (Å²) in [4.78, 5) is 6.81. The average molecular weight is 553 g/mol. The van der Waals surface area contributed by atoms with Crippen LogP contribution in [-0.4, -0.2) is 4.98 Å². The quantitative estimate of drug-likeness (QED) is 0.218. The average Bonchev–Trinajstić information content (AvgIpc) is 3.61. The third kappa shape index (κ3) is 3.88. The molecule has 0 N–H and O–H groups in total. The van der Waals surface area contributed by atoms with Gasteiger partial charge in [0.15, 0.2) is 0 Å². The van der Waals surface area contributed by atoms with E-state index in [0.29, 0.717) is 0 Å². The summed E-state index contributed by atoms with van der Waals surface area (Å²) in [6.45, 7) is 0. The molecule has 0 spiro atoms. The van der Waals surface area contributed by atoms with Gasteiger partial charge in [-0.15, -0.1) is 0 Å². The van der Waals surface area contributed by atoms with Gasteiger partial charge in [0.25, 0.3) is 0 Å². The van der Waals surface area contributed by atoms with Gasteiger partial charge in [0, 0.05) is 62.3 Å². The predicted octanol–water partition coefficient (Wildman–Crippen LogP) is 11.2. The van der Waals surface area contributed by atoms with Gasteiger partial charge in [-0.1, -0.05) is 66.7 Å². The van der Waals surface area contributed by atoms with E-state index in [1.54, 1.807) is 0 Å². The van der Waals surface area contributed by atoms with E-state index in [9.17, 15) is 0 Å². The number of fused-ring (bicyclic) bond motifs is 7. The molecule has 0 fully saturated rings. The monoisotopic (exact) mass is 552 g/mol. The van der Waals surface area contributed by atoms with Gasteiger partial charge < -0.3 is 13.7 Å². The van der Waals surface area contributed by atoms with Crippen LogP contribution in [0.15, 0.2) is 155 Å². The maximum Gasteiger partial charge on any atom is 0.137 e. The second-order valence-corrected chi connectivity index (χ2v) is 10.9. The lowest BCUT2D eigenvalue weighted by Crippen LogP contribution is -2.09. The summed E-state index contributed by atoms with van der Waals surface area (Å²) in [5, 5.41) is 5.42. The lowest BCUT2D eigenvalue weighted by atomic mass is 10.0. The molecule has 4 nitrogen and oxygen atoms in total. The van der Waals surface area contributed by atoms with Gasteiger partial charge in [-0.25, -0.2) is 0 Å². The third-order valence-corrected chi connectivity index (χ3v) is 8.29. The first-order chi connectivity index (χ1) is 21.3. The number of para-hydroxylation sites is 1. The Balaban J connectivity index is 1.22. The molecule has 0 saturated carbocycles. The minimum absolute atomic E-state index is 0.832. The molecule has 202 valence electrons. The van der Waals surface area contributed by atoms with E-state index >= 15 is 0 Å². The lowest BCUT2D eigenvalue weighted by molar-refractivity contribution is 0.669. The van der Waals surface area contributed by atoms with Crippen molar-refractivity contribution in [3.8, 4) is 11.1 Å². The van der Waals surface area contributed by atoms with Crippen molar-refractivity contribution in [3.05, 3.63) is 146 Å². The molecule has 3 heterocycles. The molecule has 0 saturated heterocycles. The maximum absolute atomic E-state index is 6.44. The Bertz CT molecular complexity index is 2450. The standard InChI is InChI=1S/C39H24N2O2/c1-2-7-25(8-3-1)26-12-14-28(15-13-26)41(29-16-18-32-31-10-4-5-11-36(31)42-38(32)22-29)30-17-19-33-34-24-35-27(9-6-20-40-35)21-37(34)43-39(33)23-30/h1-24H. The van der Waals surface area contributed by atoms with Crippen LogP contribution in [0.4, 0.5) is 17.1 Å². The van der Waals surface area contributed by atoms with Crippen LogP contribution >= 0.6 is 0 Å². The Labute approximate surface area is 247 Å². The molecule has 43 heavy (non-hydrogen) atoms. The molecule has 0 unspecified atom stereocenters. The van der Waals surface area contributed by atoms with Crippen LogP contribution in [0.1, 0.15) is 0 Å². The summed E-state index contributed by atoms with van der Waals surface area (Å²) in [5.74, 6) is 0. The number of nitrogens with zero attached hydrogens (tertiary/aromatic N) is 2. The van der Waals surface area contributed by atoms with Crippen molar-refractivity contribution < 1.29 is 8.83 Å². The van der Waals surface area contributed by atoms with Crippen LogP contribution < -0.4 is 4.90 Å². The summed E-state index contributed by atoms with van der Waals surface area (Å²) in [6.07, 6.45) is 1.83. The highest BCUT2D eigenvalue weighted by Crippen LogP contribution is 2.41. The highest BCUT2D eigenvalue weighted by atomic mass is 16.3. The second kappa shape index (κ2) is 9.33. The Morgan fingerprint density at radius 3 is 1.81 bits per heavy atom. The fraction of sp³-hybridized carbons (Fsp3) is 0. The van der Waals surface area contributed by atoms with Crippen LogP contribution in [0.5, 0.6) is 0 Å². The summed E-state index contributed by atoms with van der Waals surface area (Å²) in [6, 6.07) is 48.4. The SMILES string of the molecule is c1ccc(-c2ccc(N(c3ccc4c(c3)oc3ccccc34)c3ccc4c(c3)oc3cc5cccnc5cc34)cc2)cc1. The van der Waals surface area contributed by atoms with Crippen molar-refractivity contribution in [1.82, 2.24) is 4.98 Å². The van der Waals surface area contributed by atoms with Crippen LogP contribution in [0.3, 0.4) is 0 Å². The summed E-state index contributed by atoms with van der Waals surface area (Å²) in [5.41, 5.74) is 9.80. The number of anilines is 3. The third-order valence-electron chi connectivity index (χ3n) is 8.29. The Morgan fingerprint density at radius 1 is 0.419 bits per heavy atom. The number of pyridine rings is 1. The fourth-order valence-electron chi connectivity index (χ4n) is 6.20. The van der Waals surface area contributed by atoms with Gasteiger partial charge in [-0.3, -0.25) is 4.98 Å². The molecule has 3 aromatic heterocycles. The minimum atomic E-state index is 0.832. The molecule has 0 amide bonds. The number of hydrogen-bond donors (Lipinski definition) is 0. The molecule has 0 aliphatic carbocycles. The van der Waals surface area contributed by atoms with Crippen molar-refractivity contribution >= 4 is 71.8 Å².